The number of fused-ring (bicyclic) bond motifs is 1. The molecule has 0 saturated carbocycles. The van der Waals surface area contributed by atoms with Gasteiger partial charge in [-0.05, 0) is 30.2 Å². The van der Waals surface area contributed by atoms with Gasteiger partial charge in [0.2, 0.25) is 19.3 Å². The molecule has 1 amide bonds. The smallest absolute Gasteiger partial charge is 0.268 e. The number of aromatic nitrogens is 3. The van der Waals surface area contributed by atoms with Crippen LogP contribution in [0.15, 0.2) is 64.6 Å². The molecule has 1 N–H and O–H groups in total. The fourth-order valence-electron chi connectivity index (χ4n) is 3.37. The van der Waals surface area contributed by atoms with Crippen molar-refractivity contribution in [2.75, 3.05) is 11.6 Å². The zero-order valence-electron chi connectivity index (χ0n) is 17.8. The number of benzene rings is 2. The van der Waals surface area contributed by atoms with E-state index >= 15 is 0 Å². The molecule has 0 bridgehead atoms. The molecular formula is C23H19N5O3S2. The number of nitriles is 1. The summed E-state index contributed by atoms with van der Waals surface area (Å²) in [5.74, 6) is -0.690. The minimum atomic E-state index is -3.53. The maximum atomic E-state index is 12.7. The quantitative estimate of drug-likeness (QED) is 0.256. The molecule has 2 aromatic carbocycles. The largest absolute Gasteiger partial charge is 0.342 e. The lowest BCUT2D eigenvalue weighted by Gasteiger charge is -2.08. The van der Waals surface area contributed by atoms with Crippen molar-refractivity contribution in [2.45, 2.75) is 17.8 Å². The summed E-state index contributed by atoms with van der Waals surface area (Å²) in [5, 5.41) is 20.2. The van der Waals surface area contributed by atoms with E-state index in [1.165, 1.54) is 17.2 Å². The predicted octanol–water partition coefficient (Wildman–Crippen LogP) is 3.80. The van der Waals surface area contributed by atoms with Crippen LogP contribution in [-0.2, 0) is 21.2 Å². The molecule has 33 heavy (non-hydrogen) atoms. The maximum absolute atomic E-state index is 12.7. The van der Waals surface area contributed by atoms with Crippen molar-refractivity contribution >= 4 is 49.2 Å². The number of rotatable bonds is 6. The molecule has 2 heterocycles. The van der Waals surface area contributed by atoms with Gasteiger partial charge < -0.3 is 4.57 Å². The second kappa shape index (κ2) is 8.97. The molecule has 10 heteroatoms. The third kappa shape index (κ3) is 4.84. The van der Waals surface area contributed by atoms with E-state index in [0.717, 1.165) is 34.1 Å². The molecule has 0 aliphatic rings. The molecule has 0 aliphatic heterocycles. The summed E-state index contributed by atoms with van der Waals surface area (Å²) < 4.78 is 25.0. The highest BCUT2D eigenvalue weighted by molar-refractivity contribution is 7.92. The van der Waals surface area contributed by atoms with Crippen LogP contribution in [-0.4, -0.2) is 35.3 Å². The third-order valence-electron chi connectivity index (χ3n) is 5.03. The Kier molecular flexibility index (Phi) is 6.09. The standard InChI is InChI=1S/C23H19N5O3S2/c1-15-7-3-4-8-16(15)13-28-14-18(19-9-5-6-10-20(19)28)11-17(12-24)21(29)25-22-26-27-23(32-22)33(2,30)31/h3-11,14H,13H2,1-2H3,(H,25,26,29)/b17-11-. The van der Waals surface area contributed by atoms with E-state index in [0.29, 0.717) is 6.54 Å². The highest BCUT2D eigenvalue weighted by Crippen LogP contribution is 2.26. The molecule has 0 unspecified atom stereocenters. The summed E-state index contributed by atoms with van der Waals surface area (Å²) in [6.07, 6.45) is 4.44. The zero-order valence-corrected chi connectivity index (χ0v) is 19.4. The number of sulfone groups is 1. The van der Waals surface area contributed by atoms with Crippen LogP contribution in [0.1, 0.15) is 16.7 Å². The van der Waals surface area contributed by atoms with E-state index < -0.39 is 15.7 Å². The minimum absolute atomic E-state index is 0.00329. The molecule has 0 fully saturated rings. The van der Waals surface area contributed by atoms with Gasteiger partial charge in [0.15, 0.2) is 0 Å². The lowest BCUT2D eigenvalue weighted by atomic mass is 10.1. The Morgan fingerprint density at radius 3 is 2.61 bits per heavy atom. The second-order valence-electron chi connectivity index (χ2n) is 7.43. The van der Waals surface area contributed by atoms with Gasteiger partial charge in [0.25, 0.3) is 5.91 Å². The lowest BCUT2D eigenvalue weighted by Crippen LogP contribution is -2.13. The van der Waals surface area contributed by atoms with Crippen molar-refractivity contribution in [1.82, 2.24) is 14.8 Å². The van der Waals surface area contributed by atoms with Crippen molar-refractivity contribution in [3.8, 4) is 6.07 Å². The number of anilines is 1. The fourth-order valence-corrected chi connectivity index (χ4v) is 4.87. The number of hydrogen-bond donors (Lipinski definition) is 1. The predicted molar refractivity (Wildman–Crippen MR) is 127 cm³/mol. The van der Waals surface area contributed by atoms with Crippen molar-refractivity contribution in [3.63, 3.8) is 0 Å². The monoisotopic (exact) mass is 477 g/mol. The number of carbonyl (C=O) groups is 1. The maximum Gasteiger partial charge on any atom is 0.268 e. The van der Waals surface area contributed by atoms with Gasteiger partial charge >= 0.3 is 0 Å². The number of aryl methyl sites for hydroxylation is 1. The number of amides is 1. The Hall–Kier alpha value is -3.81. The first-order valence-corrected chi connectivity index (χ1v) is 12.6. The van der Waals surface area contributed by atoms with Crippen molar-refractivity contribution in [2.24, 2.45) is 0 Å². The van der Waals surface area contributed by atoms with Gasteiger partial charge in [-0.25, -0.2) is 8.42 Å². The first kappa shape index (κ1) is 22.4. The number of carbonyl (C=O) groups excluding carboxylic acids is 1. The first-order chi connectivity index (χ1) is 15.8. The Morgan fingerprint density at radius 1 is 1.18 bits per heavy atom. The van der Waals surface area contributed by atoms with Crippen LogP contribution < -0.4 is 5.32 Å². The molecule has 4 aromatic rings. The Labute approximate surface area is 194 Å². The number of nitrogens with one attached hydrogen (secondary N) is 1. The molecule has 0 spiro atoms. The Morgan fingerprint density at radius 2 is 1.91 bits per heavy atom. The van der Waals surface area contributed by atoms with E-state index in [9.17, 15) is 18.5 Å². The van der Waals surface area contributed by atoms with Crippen LogP contribution in [0, 0.1) is 18.3 Å². The number of para-hydroxylation sites is 1. The summed E-state index contributed by atoms with van der Waals surface area (Å²) >= 11 is 0.729. The highest BCUT2D eigenvalue weighted by atomic mass is 32.2. The van der Waals surface area contributed by atoms with Gasteiger partial charge in [-0.1, -0.05) is 53.8 Å². The zero-order chi connectivity index (χ0) is 23.6. The summed E-state index contributed by atoms with van der Waals surface area (Å²) in [6, 6.07) is 17.8. The van der Waals surface area contributed by atoms with Crippen LogP contribution in [0.2, 0.25) is 0 Å². The van der Waals surface area contributed by atoms with E-state index in [-0.39, 0.29) is 15.0 Å². The normalized spacial score (nSPS) is 12.0. The Balaban J connectivity index is 1.67. The number of nitrogens with zero attached hydrogens (tertiary/aromatic N) is 4. The molecule has 4 rings (SSSR count). The van der Waals surface area contributed by atoms with Crippen LogP contribution >= 0.6 is 11.3 Å². The first-order valence-electron chi connectivity index (χ1n) is 9.85. The van der Waals surface area contributed by atoms with Crippen molar-refractivity contribution in [1.29, 1.82) is 5.26 Å². The van der Waals surface area contributed by atoms with Gasteiger partial charge in [-0.15, -0.1) is 10.2 Å². The molecule has 0 aliphatic carbocycles. The van der Waals surface area contributed by atoms with E-state index in [2.05, 4.69) is 39.1 Å². The molecule has 166 valence electrons. The summed E-state index contributed by atoms with van der Waals surface area (Å²) in [5.41, 5.74) is 3.91. The summed E-state index contributed by atoms with van der Waals surface area (Å²) in [4.78, 5) is 12.7. The van der Waals surface area contributed by atoms with E-state index in [1.54, 1.807) is 0 Å². The molecule has 8 nitrogen and oxygen atoms in total. The molecule has 2 aromatic heterocycles. The third-order valence-corrected chi connectivity index (χ3v) is 7.54. The van der Waals surface area contributed by atoms with Crippen molar-refractivity contribution in [3.05, 3.63) is 77.0 Å². The fraction of sp³-hybridized carbons (Fsp3) is 0.130. The lowest BCUT2D eigenvalue weighted by molar-refractivity contribution is -0.112. The number of hydrogen-bond acceptors (Lipinski definition) is 7. The van der Waals surface area contributed by atoms with Gasteiger partial charge in [0.1, 0.15) is 11.6 Å². The van der Waals surface area contributed by atoms with Crippen LogP contribution in [0.5, 0.6) is 0 Å². The summed E-state index contributed by atoms with van der Waals surface area (Å²) in [6.45, 7) is 2.71. The van der Waals surface area contributed by atoms with Crippen LogP contribution in [0.25, 0.3) is 17.0 Å². The highest BCUT2D eigenvalue weighted by Gasteiger charge is 2.18. The van der Waals surface area contributed by atoms with Crippen LogP contribution in [0.3, 0.4) is 0 Å². The van der Waals surface area contributed by atoms with Crippen LogP contribution in [0.4, 0.5) is 5.13 Å². The van der Waals surface area contributed by atoms with Gasteiger partial charge in [-0.2, -0.15) is 5.26 Å². The molecule has 0 saturated heterocycles. The second-order valence-corrected chi connectivity index (χ2v) is 10.6. The molecule has 0 atom stereocenters. The average molecular weight is 478 g/mol. The molecular weight excluding hydrogens is 458 g/mol. The van der Waals surface area contributed by atoms with Gasteiger partial charge in [-0.3, -0.25) is 10.1 Å². The Bertz CT molecular complexity index is 1540. The summed E-state index contributed by atoms with van der Waals surface area (Å²) in [7, 11) is -3.53. The van der Waals surface area contributed by atoms with E-state index in [4.69, 9.17) is 0 Å². The molecule has 0 radical (unpaired) electrons. The van der Waals surface area contributed by atoms with E-state index in [1.807, 2.05) is 48.7 Å². The average Bonchev–Trinajstić information content (AvgIpc) is 3.39. The van der Waals surface area contributed by atoms with Gasteiger partial charge in [0.05, 0.1) is 0 Å². The minimum Gasteiger partial charge on any atom is -0.342 e. The SMILES string of the molecule is Cc1ccccc1Cn1cc(/C=C(/C#N)C(=O)Nc2nnc(S(C)(=O)=O)s2)c2ccccc21. The van der Waals surface area contributed by atoms with Gasteiger partial charge in [0, 0.05) is 35.5 Å². The van der Waals surface area contributed by atoms with Crippen molar-refractivity contribution < 1.29 is 13.2 Å². The topological polar surface area (TPSA) is 118 Å².